The first-order chi connectivity index (χ1) is 5.97. The number of aliphatic hydroxyl groups excluding tert-OH is 1. The Hall–Kier alpha value is -0.610. The molecule has 0 aromatic rings. The number of hydrogen-bond donors (Lipinski definition) is 2. The summed E-state index contributed by atoms with van der Waals surface area (Å²) in [5.41, 5.74) is 0. The van der Waals surface area contributed by atoms with E-state index < -0.39 is 5.97 Å². The van der Waals surface area contributed by atoms with Gasteiger partial charge in [0.15, 0.2) is 0 Å². The van der Waals surface area contributed by atoms with Crippen LogP contribution in [0.1, 0.15) is 20.3 Å². The zero-order valence-corrected chi connectivity index (χ0v) is 8.53. The predicted octanol–water partition coefficient (Wildman–Crippen LogP) is 0.410. The number of aliphatic carboxylic acids is 1. The van der Waals surface area contributed by atoms with Gasteiger partial charge in [0.2, 0.25) is 0 Å². The van der Waals surface area contributed by atoms with Crippen LogP contribution in [0, 0.1) is 5.92 Å². The minimum Gasteiger partial charge on any atom is -0.481 e. The lowest BCUT2D eigenvalue weighted by Crippen LogP contribution is -2.34. The third kappa shape index (κ3) is 5.60. The zero-order chi connectivity index (χ0) is 10.4. The van der Waals surface area contributed by atoms with Crippen molar-refractivity contribution in [3.8, 4) is 0 Å². The van der Waals surface area contributed by atoms with Gasteiger partial charge in [-0.1, -0.05) is 13.8 Å². The number of rotatable bonds is 6. The Labute approximate surface area is 79.2 Å². The molecule has 0 bridgehead atoms. The van der Waals surface area contributed by atoms with Gasteiger partial charge in [0.1, 0.15) is 0 Å². The molecule has 13 heavy (non-hydrogen) atoms. The van der Waals surface area contributed by atoms with E-state index in [-0.39, 0.29) is 12.0 Å². The normalized spacial score (nSPS) is 15.8. The van der Waals surface area contributed by atoms with E-state index in [4.69, 9.17) is 5.11 Å². The summed E-state index contributed by atoms with van der Waals surface area (Å²) in [7, 11) is 1.82. The summed E-state index contributed by atoms with van der Waals surface area (Å²) in [5, 5.41) is 17.9. The Kier molecular flexibility index (Phi) is 5.66. The molecule has 0 rings (SSSR count). The summed E-state index contributed by atoms with van der Waals surface area (Å²) in [6, 6.07) is 0. The van der Waals surface area contributed by atoms with Crippen LogP contribution in [0.3, 0.4) is 0 Å². The second-order valence-electron chi connectivity index (χ2n) is 3.52. The van der Waals surface area contributed by atoms with Crippen LogP contribution >= 0.6 is 0 Å². The first kappa shape index (κ1) is 12.4. The van der Waals surface area contributed by atoms with Crippen molar-refractivity contribution in [3.05, 3.63) is 0 Å². The van der Waals surface area contributed by atoms with Gasteiger partial charge in [-0.2, -0.15) is 0 Å². The van der Waals surface area contributed by atoms with Crippen molar-refractivity contribution >= 4 is 5.97 Å². The highest BCUT2D eigenvalue weighted by Gasteiger charge is 2.14. The average Bonchev–Trinajstić information content (AvgIpc) is 2.03. The number of aliphatic hydroxyl groups is 1. The maximum atomic E-state index is 10.5. The Bertz CT molecular complexity index is 161. The van der Waals surface area contributed by atoms with E-state index in [1.165, 1.54) is 0 Å². The van der Waals surface area contributed by atoms with Crippen molar-refractivity contribution in [2.45, 2.75) is 26.4 Å². The minimum atomic E-state index is -0.794. The van der Waals surface area contributed by atoms with Crippen LogP contribution in [0.2, 0.25) is 0 Å². The molecule has 0 spiro atoms. The molecule has 2 atom stereocenters. The zero-order valence-electron chi connectivity index (χ0n) is 8.53. The highest BCUT2D eigenvalue weighted by Crippen LogP contribution is 2.00. The highest BCUT2D eigenvalue weighted by molar-refractivity contribution is 5.69. The summed E-state index contributed by atoms with van der Waals surface area (Å²) in [4.78, 5) is 12.3. The topological polar surface area (TPSA) is 60.8 Å². The Morgan fingerprint density at radius 2 is 2.00 bits per heavy atom. The van der Waals surface area contributed by atoms with Gasteiger partial charge in [-0.25, -0.2) is 0 Å². The standard InChI is InChI=1S/C9H19NO3/c1-4-8(11)6-10(3)5-7(2)9(12)13/h7-8,11H,4-6H2,1-3H3,(H,12,13). The lowest BCUT2D eigenvalue weighted by atomic mass is 10.1. The molecular formula is C9H19NO3. The van der Waals surface area contributed by atoms with Gasteiger partial charge in [0, 0.05) is 13.1 Å². The monoisotopic (exact) mass is 189 g/mol. The molecule has 0 amide bonds. The molecule has 0 aromatic heterocycles. The molecule has 0 aliphatic heterocycles. The van der Waals surface area contributed by atoms with Crippen molar-refractivity contribution in [2.75, 3.05) is 20.1 Å². The van der Waals surface area contributed by atoms with E-state index in [2.05, 4.69) is 0 Å². The molecule has 4 heteroatoms. The van der Waals surface area contributed by atoms with Gasteiger partial charge in [0.05, 0.1) is 12.0 Å². The van der Waals surface area contributed by atoms with Crippen LogP contribution in [-0.2, 0) is 4.79 Å². The highest BCUT2D eigenvalue weighted by atomic mass is 16.4. The molecular weight excluding hydrogens is 170 g/mol. The van der Waals surface area contributed by atoms with Crippen molar-refractivity contribution in [2.24, 2.45) is 5.92 Å². The van der Waals surface area contributed by atoms with E-state index in [0.717, 1.165) is 0 Å². The molecule has 0 aromatic carbocycles. The first-order valence-electron chi connectivity index (χ1n) is 4.56. The lowest BCUT2D eigenvalue weighted by Gasteiger charge is -2.21. The summed E-state index contributed by atoms with van der Waals surface area (Å²) >= 11 is 0. The number of carboxylic acids is 1. The summed E-state index contributed by atoms with van der Waals surface area (Å²) in [5.74, 6) is -1.17. The largest absolute Gasteiger partial charge is 0.481 e. The fourth-order valence-electron chi connectivity index (χ4n) is 1.11. The fourth-order valence-corrected chi connectivity index (χ4v) is 1.11. The molecule has 0 aliphatic carbocycles. The SMILES string of the molecule is CCC(O)CN(C)CC(C)C(=O)O. The van der Waals surface area contributed by atoms with Crippen LogP contribution in [-0.4, -0.2) is 47.3 Å². The minimum absolute atomic E-state index is 0.356. The van der Waals surface area contributed by atoms with E-state index in [9.17, 15) is 9.90 Å². The van der Waals surface area contributed by atoms with Crippen molar-refractivity contribution < 1.29 is 15.0 Å². The van der Waals surface area contributed by atoms with Crippen LogP contribution in [0.4, 0.5) is 0 Å². The van der Waals surface area contributed by atoms with Crippen molar-refractivity contribution in [1.82, 2.24) is 4.90 Å². The molecule has 0 radical (unpaired) electrons. The lowest BCUT2D eigenvalue weighted by molar-refractivity contribution is -0.141. The van der Waals surface area contributed by atoms with E-state index in [1.54, 1.807) is 6.92 Å². The summed E-state index contributed by atoms with van der Waals surface area (Å²) < 4.78 is 0. The van der Waals surface area contributed by atoms with Gasteiger partial charge < -0.3 is 15.1 Å². The number of hydrogen-bond acceptors (Lipinski definition) is 3. The quantitative estimate of drug-likeness (QED) is 0.635. The smallest absolute Gasteiger partial charge is 0.307 e. The molecule has 0 fully saturated rings. The second-order valence-corrected chi connectivity index (χ2v) is 3.52. The van der Waals surface area contributed by atoms with Gasteiger partial charge in [0.25, 0.3) is 0 Å². The van der Waals surface area contributed by atoms with Gasteiger partial charge in [-0.05, 0) is 13.5 Å². The number of nitrogens with zero attached hydrogens (tertiary/aromatic N) is 1. The molecule has 0 saturated heterocycles. The Morgan fingerprint density at radius 3 is 2.38 bits per heavy atom. The van der Waals surface area contributed by atoms with Crippen molar-refractivity contribution in [1.29, 1.82) is 0 Å². The predicted molar refractivity (Wildman–Crippen MR) is 50.6 cm³/mol. The molecule has 2 unspecified atom stereocenters. The average molecular weight is 189 g/mol. The van der Waals surface area contributed by atoms with E-state index in [0.29, 0.717) is 19.5 Å². The fraction of sp³-hybridized carbons (Fsp3) is 0.889. The molecule has 0 aliphatic rings. The number of carboxylic acid groups (broad SMARTS) is 1. The van der Waals surface area contributed by atoms with E-state index in [1.807, 2.05) is 18.9 Å². The van der Waals surface area contributed by atoms with Crippen LogP contribution < -0.4 is 0 Å². The maximum Gasteiger partial charge on any atom is 0.307 e. The summed E-state index contributed by atoms with van der Waals surface area (Å²) in [6.07, 6.45) is 0.345. The van der Waals surface area contributed by atoms with Crippen LogP contribution in [0.25, 0.3) is 0 Å². The molecule has 0 heterocycles. The first-order valence-corrected chi connectivity index (χ1v) is 4.56. The number of carbonyl (C=O) groups is 1. The maximum absolute atomic E-state index is 10.5. The summed E-state index contributed by atoms with van der Waals surface area (Å²) in [6.45, 7) is 4.58. The molecule has 4 nitrogen and oxygen atoms in total. The van der Waals surface area contributed by atoms with Crippen LogP contribution in [0.5, 0.6) is 0 Å². The third-order valence-corrected chi connectivity index (χ3v) is 2.00. The van der Waals surface area contributed by atoms with Gasteiger partial charge in [-0.3, -0.25) is 4.79 Å². The Balaban J connectivity index is 3.73. The Morgan fingerprint density at radius 1 is 1.46 bits per heavy atom. The number of likely N-dealkylation sites (N-methyl/N-ethyl adjacent to an activating group) is 1. The second kappa shape index (κ2) is 5.94. The van der Waals surface area contributed by atoms with Gasteiger partial charge in [-0.15, -0.1) is 0 Å². The van der Waals surface area contributed by atoms with E-state index >= 15 is 0 Å². The van der Waals surface area contributed by atoms with Crippen LogP contribution in [0.15, 0.2) is 0 Å². The molecule has 0 saturated carbocycles. The third-order valence-electron chi connectivity index (χ3n) is 2.00. The van der Waals surface area contributed by atoms with Crippen molar-refractivity contribution in [3.63, 3.8) is 0 Å². The molecule has 78 valence electrons. The molecule has 2 N–H and O–H groups in total. The van der Waals surface area contributed by atoms with Gasteiger partial charge >= 0.3 is 5.97 Å².